The molecule has 0 aromatic heterocycles. The van der Waals surface area contributed by atoms with Gasteiger partial charge in [0.25, 0.3) is 0 Å². The summed E-state index contributed by atoms with van der Waals surface area (Å²) in [6, 6.07) is 6.70. The minimum absolute atomic E-state index is 0.0444. The van der Waals surface area contributed by atoms with Crippen LogP contribution in [-0.2, 0) is 24.1 Å². The summed E-state index contributed by atoms with van der Waals surface area (Å²) < 4.78 is 0. The third kappa shape index (κ3) is 2.61. The molecule has 0 spiro atoms. The molecular formula is C18H24O. The summed E-state index contributed by atoms with van der Waals surface area (Å²) in [5.41, 5.74) is 4.17. The topological polar surface area (TPSA) is 17.1 Å². The Balaban J connectivity index is 1.72. The minimum Gasteiger partial charge on any atom is -0.299 e. The molecule has 19 heavy (non-hydrogen) atoms. The Kier molecular flexibility index (Phi) is 3.47. The van der Waals surface area contributed by atoms with Gasteiger partial charge in [-0.3, -0.25) is 4.79 Å². The van der Waals surface area contributed by atoms with Gasteiger partial charge in [0.05, 0.1) is 0 Å². The van der Waals surface area contributed by atoms with Crippen molar-refractivity contribution in [1.82, 2.24) is 0 Å². The summed E-state index contributed by atoms with van der Waals surface area (Å²) in [6.45, 7) is 2.18. The van der Waals surface area contributed by atoms with Gasteiger partial charge in [0.15, 0.2) is 0 Å². The van der Waals surface area contributed by atoms with Crippen molar-refractivity contribution in [1.29, 1.82) is 0 Å². The fourth-order valence-electron chi connectivity index (χ4n) is 3.74. The van der Waals surface area contributed by atoms with Crippen molar-refractivity contribution in [3.8, 4) is 0 Å². The first-order valence-electron chi connectivity index (χ1n) is 7.81. The first kappa shape index (κ1) is 12.9. The fourth-order valence-corrected chi connectivity index (χ4v) is 3.74. The van der Waals surface area contributed by atoms with Crippen molar-refractivity contribution >= 4 is 5.78 Å². The molecule has 102 valence electrons. The van der Waals surface area contributed by atoms with Crippen molar-refractivity contribution in [3.63, 3.8) is 0 Å². The second kappa shape index (κ2) is 5.11. The molecule has 0 atom stereocenters. The third-order valence-corrected chi connectivity index (χ3v) is 5.16. The highest BCUT2D eigenvalue weighted by molar-refractivity contribution is 5.86. The Labute approximate surface area is 116 Å². The molecule has 2 aliphatic carbocycles. The average molecular weight is 256 g/mol. The first-order valence-corrected chi connectivity index (χ1v) is 7.81. The van der Waals surface area contributed by atoms with E-state index in [1.165, 1.54) is 55.2 Å². The van der Waals surface area contributed by atoms with Gasteiger partial charge in [0.1, 0.15) is 5.78 Å². The van der Waals surface area contributed by atoms with Crippen LogP contribution in [0.15, 0.2) is 18.2 Å². The van der Waals surface area contributed by atoms with Crippen LogP contribution in [0.25, 0.3) is 0 Å². The van der Waals surface area contributed by atoms with Crippen LogP contribution in [-0.4, -0.2) is 5.78 Å². The van der Waals surface area contributed by atoms with Crippen LogP contribution in [0.2, 0.25) is 0 Å². The van der Waals surface area contributed by atoms with E-state index in [2.05, 4.69) is 25.1 Å². The summed E-state index contributed by atoms with van der Waals surface area (Å²) in [7, 11) is 0. The molecule has 0 unspecified atom stereocenters. The highest BCUT2D eigenvalue weighted by Crippen LogP contribution is 2.37. The van der Waals surface area contributed by atoms with Gasteiger partial charge < -0.3 is 0 Å². The fraction of sp³-hybridized carbons (Fsp3) is 0.611. The zero-order chi connectivity index (χ0) is 13.3. The van der Waals surface area contributed by atoms with Crippen LogP contribution in [0.1, 0.15) is 62.1 Å². The second-order valence-electron chi connectivity index (χ2n) is 6.68. The molecule has 1 nitrogen and oxygen atoms in total. The molecule has 0 heterocycles. The van der Waals surface area contributed by atoms with Crippen molar-refractivity contribution in [2.24, 2.45) is 5.41 Å². The number of hydrogen-bond donors (Lipinski definition) is 0. The summed E-state index contributed by atoms with van der Waals surface area (Å²) in [5.74, 6) is 0.463. The number of carbonyl (C=O) groups excluding carboxylic acids is 1. The Morgan fingerprint density at radius 1 is 1.05 bits per heavy atom. The quantitative estimate of drug-likeness (QED) is 0.790. The van der Waals surface area contributed by atoms with Gasteiger partial charge in [-0.1, -0.05) is 44.4 Å². The zero-order valence-corrected chi connectivity index (χ0v) is 12.0. The van der Waals surface area contributed by atoms with E-state index >= 15 is 0 Å². The van der Waals surface area contributed by atoms with E-state index in [9.17, 15) is 4.79 Å². The molecule has 1 fully saturated rings. The monoisotopic (exact) mass is 256 g/mol. The summed E-state index contributed by atoms with van der Waals surface area (Å²) in [5, 5.41) is 0. The lowest BCUT2D eigenvalue weighted by molar-refractivity contribution is -0.128. The van der Waals surface area contributed by atoms with Gasteiger partial charge >= 0.3 is 0 Å². The Morgan fingerprint density at radius 2 is 1.79 bits per heavy atom. The van der Waals surface area contributed by atoms with Crippen LogP contribution in [0.3, 0.4) is 0 Å². The maximum absolute atomic E-state index is 12.6. The number of hydrogen-bond acceptors (Lipinski definition) is 1. The number of Topliss-reactive ketones (excluding diaryl/α,β-unsaturated/α-hetero) is 1. The van der Waals surface area contributed by atoms with Gasteiger partial charge in [-0.05, 0) is 48.8 Å². The predicted molar refractivity (Wildman–Crippen MR) is 78.4 cm³/mol. The minimum atomic E-state index is -0.0444. The number of fused-ring (bicyclic) bond motifs is 1. The van der Waals surface area contributed by atoms with Crippen LogP contribution in [0.4, 0.5) is 0 Å². The van der Waals surface area contributed by atoms with E-state index in [1.54, 1.807) is 0 Å². The van der Waals surface area contributed by atoms with Crippen molar-refractivity contribution < 1.29 is 4.79 Å². The van der Waals surface area contributed by atoms with Crippen LogP contribution in [0.5, 0.6) is 0 Å². The lowest BCUT2D eigenvalue weighted by atomic mass is 9.71. The molecule has 1 aromatic carbocycles. The number of carbonyl (C=O) groups is 1. The van der Waals surface area contributed by atoms with Crippen molar-refractivity contribution in [2.45, 2.75) is 64.7 Å². The molecule has 2 aliphatic rings. The molecule has 0 bridgehead atoms. The SMILES string of the molecule is CC1(C(=O)Cc2ccc3c(c2)CCC3)CCCCC1. The van der Waals surface area contributed by atoms with Gasteiger partial charge in [-0.15, -0.1) is 0 Å². The zero-order valence-electron chi connectivity index (χ0n) is 12.0. The molecule has 0 aliphatic heterocycles. The number of ketones is 1. The normalized spacial score (nSPS) is 21.1. The van der Waals surface area contributed by atoms with Crippen molar-refractivity contribution in [3.05, 3.63) is 34.9 Å². The van der Waals surface area contributed by atoms with Crippen LogP contribution in [0, 0.1) is 5.41 Å². The summed E-state index contributed by atoms with van der Waals surface area (Å²) >= 11 is 0. The lowest BCUT2D eigenvalue weighted by Gasteiger charge is -2.32. The van der Waals surface area contributed by atoms with Gasteiger partial charge in [0, 0.05) is 11.8 Å². The Morgan fingerprint density at radius 3 is 2.58 bits per heavy atom. The average Bonchev–Trinajstić information content (AvgIpc) is 2.87. The highest BCUT2D eigenvalue weighted by atomic mass is 16.1. The lowest BCUT2D eigenvalue weighted by Crippen LogP contribution is -2.31. The van der Waals surface area contributed by atoms with Gasteiger partial charge in [-0.2, -0.15) is 0 Å². The second-order valence-corrected chi connectivity index (χ2v) is 6.68. The standard InChI is InChI=1S/C18H24O/c1-18(10-3-2-4-11-18)17(19)13-14-8-9-15-6-5-7-16(15)12-14/h8-9,12H,2-7,10-11,13H2,1H3. The van der Waals surface area contributed by atoms with E-state index in [0.717, 1.165) is 12.8 Å². The summed E-state index contributed by atoms with van der Waals surface area (Å²) in [6.07, 6.45) is 10.3. The van der Waals surface area contributed by atoms with E-state index < -0.39 is 0 Å². The van der Waals surface area contributed by atoms with E-state index in [0.29, 0.717) is 12.2 Å². The molecule has 0 amide bonds. The molecule has 1 saturated carbocycles. The number of benzene rings is 1. The molecule has 0 radical (unpaired) electrons. The molecule has 1 aromatic rings. The largest absolute Gasteiger partial charge is 0.299 e. The third-order valence-electron chi connectivity index (χ3n) is 5.16. The van der Waals surface area contributed by atoms with E-state index in [4.69, 9.17) is 0 Å². The highest BCUT2D eigenvalue weighted by Gasteiger charge is 2.33. The molecule has 1 heteroatoms. The Hall–Kier alpha value is -1.11. The van der Waals surface area contributed by atoms with Gasteiger partial charge in [0.2, 0.25) is 0 Å². The molecule has 0 N–H and O–H groups in total. The first-order chi connectivity index (χ1) is 9.17. The maximum atomic E-state index is 12.6. The predicted octanol–water partition coefficient (Wildman–Crippen LogP) is 4.26. The van der Waals surface area contributed by atoms with Crippen molar-refractivity contribution in [2.75, 3.05) is 0 Å². The van der Waals surface area contributed by atoms with Crippen LogP contribution < -0.4 is 0 Å². The smallest absolute Gasteiger partial charge is 0.143 e. The maximum Gasteiger partial charge on any atom is 0.143 e. The summed E-state index contributed by atoms with van der Waals surface area (Å²) in [4.78, 5) is 12.6. The molecule has 3 rings (SSSR count). The van der Waals surface area contributed by atoms with E-state index in [1.807, 2.05) is 0 Å². The number of rotatable bonds is 3. The van der Waals surface area contributed by atoms with Gasteiger partial charge in [-0.25, -0.2) is 0 Å². The Bertz CT molecular complexity index is 480. The van der Waals surface area contributed by atoms with Crippen LogP contribution >= 0.6 is 0 Å². The molecule has 0 saturated heterocycles. The number of aryl methyl sites for hydroxylation is 2. The van der Waals surface area contributed by atoms with E-state index in [-0.39, 0.29) is 5.41 Å². The molecular weight excluding hydrogens is 232 g/mol.